The van der Waals surface area contributed by atoms with Crippen LogP contribution >= 0.6 is 0 Å². The monoisotopic (exact) mass is 454 g/mol. The zero-order valence-corrected chi connectivity index (χ0v) is 18.2. The summed E-state index contributed by atoms with van der Waals surface area (Å²) in [6.45, 7) is 3.18. The van der Waals surface area contributed by atoms with E-state index in [1.807, 2.05) is 4.90 Å². The lowest BCUT2D eigenvalue weighted by atomic mass is 10.1. The van der Waals surface area contributed by atoms with Crippen LogP contribution in [-0.2, 0) is 9.59 Å². The number of anilines is 1. The fraction of sp³-hybridized carbons (Fsp3) is 0.375. The zero-order valence-electron chi connectivity index (χ0n) is 18.2. The minimum absolute atomic E-state index is 0.0107. The molecule has 1 unspecified atom stereocenters. The summed E-state index contributed by atoms with van der Waals surface area (Å²) in [6, 6.07) is 11.8. The number of piperazine rings is 1. The number of nitrogens with one attached hydrogen (secondary N) is 1. The first-order valence-corrected chi connectivity index (χ1v) is 11.0. The van der Waals surface area contributed by atoms with E-state index >= 15 is 0 Å². The number of phenols is 1. The summed E-state index contributed by atoms with van der Waals surface area (Å²) < 4.78 is 13.1. The lowest BCUT2D eigenvalue weighted by molar-refractivity contribution is -0.133. The number of benzene rings is 2. The van der Waals surface area contributed by atoms with E-state index in [4.69, 9.17) is 0 Å². The van der Waals surface area contributed by atoms with Gasteiger partial charge in [-0.25, -0.2) is 4.39 Å². The van der Waals surface area contributed by atoms with Crippen LogP contribution in [0.3, 0.4) is 0 Å². The predicted octanol–water partition coefficient (Wildman–Crippen LogP) is 1.78. The van der Waals surface area contributed by atoms with Gasteiger partial charge < -0.3 is 20.2 Å². The maximum Gasteiger partial charge on any atom is 0.253 e. The summed E-state index contributed by atoms with van der Waals surface area (Å²) in [6.07, 6.45) is 0.678. The van der Waals surface area contributed by atoms with Gasteiger partial charge >= 0.3 is 0 Å². The van der Waals surface area contributed by atoms with Gasteiger partial charge in [0.15, 0.2) is 0 Å². The van der Waals surface area contributed by atoms with Gasteiger partial charge in [-0.05, 0) is 61.5 Å². The molecule has 2 aliphatic rings. The Morgan fingerprint density at radius 2 is 1.55 bits per heavy atom. The van der Waals surface area contributed by atoms with Crippen molar-refractivity contribution < 1.29 is 23.9 Å². The lowest BCUT2D eigenvalue weighted by Gasteiger charge is -2.35. The molecule has 174 valence electrons. The largest absolute Gasteiger partial charge is 0.508 e. The highest BCUT2D eigenvalue weighted by Gasteiger charge is 2.31. The molecular formula is C24H27FN4O4. The molecule has 1 atom stereocenters. The maximum absolute atomic E-state index is 13.1. The summed E-state index contributed by atoms with van der Waals surface area (Å²) >= 11 is 0. The second kappa shape index (κ2) is 9.99. The first-order chi connectivity index (χ1) is 15.9. The van der Waals surface area contributed by atoms with Gasteiger partial charge in [-0.2, -0.15) is 0 Å². The van der Waals surface area contributed by atoms with Crippen LogP contribution in [0.25, 0.3) is 0 Å². The zero-order chi connectivity index (χ0) is 23.4. The molecule has 0 aromatic heterocycles. The van der Waals surface area contributed by atoms with Crippen LogP contribution in [0.5, 0.6) is 5.75 Å². The van der Waals surface area contributed by atoms with Crippen LogP contribution in [0.4, 0.5) is 10.1 Å². The lowest BCUT2D eigenvalue weighted by Crippen LogP contribution is -2.52. The number of amides is 3. The molecule has 4 rings (SSSR count). The molecule has 0 bridgehead atoms. The Morgan fingerprint density at radius 3 is 2.21 bits per heavy atom. The molecule has 0 saturated carbocycles. The Bertz CT molecular complexity index is 1000. The molecule has 33 heavy (non-hydrogen) atoms. The molecule has 0 aliphatic carbocycles. The molecular weight excluding hydrogens is 427 g/mol. The molecule has 2 aromatic rings. The quantitative estimate of drug-likeness (QED) is 0.672. The van der Waals surface area contributed by atoms with Crippen LogP contribution in [0, 0.1) is 11.7 Å². The van der Waals surface area contributed by atoms with Gasteiger partial charge in [0.1, 0.15) is 11.6 Å². The Morgan fingerprint density at radius 1 is 0.909 bits per heavy atom. The number of halogens is 1. The molecule has 2 N–H and O–H groups in total. The minimum atomic E-state index is -0.385. The smallest absolute Gasteiger partial charge is 0.253 e. The van der Waals surface area contributed by atoms with Gasteiger partial charge in [0.25, 0.3) is 5.91 Å². The second-order valence-electron chi connectivity index (χ2n) is 8.44. The topological polar surface area (TPSA) is 93.2 Å². The fourth-order valence-corrected chi connectivity index (χ4v) is 4.20. The van der Waals surface area contributed by atoms with Gasteiger partial charge in [-0.15, -0.1) is 0 Å². The first kappa shape index (κ1) is 22.7. The number of hydrogen-bond donors (Lipinski definition) is 2. The van der Waals surface area contributed by atoms with Crippen molar-refractivity contribution in [2.45, 2.75) is 6.42 Å². The average molecular weight is 455 g/mol. The molecule has 9 heteroatoms. The molecule has 2 saturated heterocycles. The number of carbonyl (C=O) groups is 3. The van der Waals surface area contributed by atoms with Crippen LogP contribution in [0.15, 0.2) is 48.5 Å². The maximum atomic E-state index is 13.1. The average Bonchev–Trinajstić information content (AvgIpc) is 3.29. The predicted molar refractivity (Wildman–Crippen MR) is 120 cm³/mol. The van der Waals surface area contributed by atoms with Crippen molar-refractivity contribution >= 4 is 23.4 Å². The van der Waals surface area contributed by atoms with Crippen LogP contribution in [-0.4, -0.2) is 83.3 Å². The standard InChI is InChI=1S/C24H27FN4O4/c25-19-3-1-17(2-4-19)24(33)29-13-11-28(12-14-29)22(31)16-27-10-9-18(15-27)23(32)26-20-5-7-21(30)8-6-20/h1-8,18,30H,9-16H2,(H,26,32). The van der Waals surface area contributed by atoms with Gasteiger partial charge in [-0.1, -0.05) is 0 Å². The summed E-state index contributed by atoms with van der Waals surface area (Å²) in [5.74, 6) is -0.712. The molecule has 2 aliphatic heterocycles. The van der Waals surface area contributed by atoms with Gasteiger partial charge in [0, 0.05) is 44.0 Å². The normalized spacial score (nSPS) is 18.9. The summed E-state index contributed by atoms with van der Waals surface area (Å²) in [4.78, 5) is 43.2. The molecule has 0 radical (unpaired) electrons. The van der Waals surface area contributed by atoms with Crippen molar-refractivity contribution in [3.8, 4) is 5.75 Å². The van der Waals surface area contributed by atoms with E-state index in [2.05, 4.69) is 5.32 Å². The number of hydrogen-bond acceptors (Lipinski definition) is 5. The van der Waals surface area contributed by atoms with Gasteiger partial charge in [-0.3, -0.25) is 19.3 Å². The second-order valence-corrected chi connectivity index (χ2v) is 8.44. The van der Waals surface area contributed by atoms with E-state index in [1.165, 1.54) is 36.4 Å². The third-order valence-corrected chi connectivity index (χ3v) is 6.15. The minimum Gasteiger partial charge on any atom is -0.508 e. The highest BCUT2D eigenvalue weighted by atomic mass is 19.1. The highest BCUT2D eigenvalue weighted by Crippen LogP contribution is 2.20. The molecule has 8 nitrogen and oxygen atoms in total. The van der Waals surface area contributed by atoms with Crippen LogP contribution in [0.1, 0.15) is 16.8 Å². The molecule has 0 spiro atoms. The van der Waals surface area contributed by atoms with Crippen molar-refractivity contribution in [3.05, 3.63) is 59.9 Å². The number of aromatic hydroxyl groups is 1. The third-order valence-electron chi connectivity index (χ3n) is 6.15. The molecule has 3 amide bonds. The van der Waals surface area contributed by atoms with E-state index in [0.29, 0.717) is 56.9 Å². The van der Waals surface area contributed by atoms with E-state index in [0.717, 1.165) is 0 Å². The van der Waals surface area contributed by atoms with Gasteiger partial charge in [0.2, 0.25) is 11.8 Å². The Hall–Kier alpha value is -3.46. The third kappa shape index (κ3) is 5.67. The van der Waals surface area contributed by atoms with Crippen molar-refractivity contribution in [1.29, 1.82) is 0 Å². The highest BCUT2D eigenvalue weighted by molar-refractivity contribution is 5.94. The first-order valence-electron chi connectivity index (χ1n) is 11.0. The number of phenolic OH excluding ortho intramolecular Hbond substituents is 1. The summed E-state index contributed by atoms with van der Waals surface area (Å²) in [5.41, 5.74) is 1.06. The summed E-state index contributed by atoms with van der Waals surface area (Å²) in [5, 5.41) is 12.2. The Labute approximate surface area is 191 Å². The summed E-state index contributed by atoms with van der Waals surface area (Å²) in [7, 11) is 0. The fourth-order valence-electron chi connectivity index (χ4n) is 4.20. The van der Waals surface area contributed by atoms with E-state index in [1.54, 1.807) is 21.9 Å². The number of rotatable bonds is 5. The van der Waals surface area contributed by atoms with E-state index in [-0.39, 0.29) is 41.8 Å². The Kier molecular flexibility index (Phi) is 6.88. The van der Waals surface area contributed by atoms with Crippen molar-refractivity contribution in [2.75, 3.05) is 51.1 Å². The van der Waals surface area contributed by atoms with Crippen molar-refractivity contribution in [1.82, 2.24) is 14.7 Å². The van der Waals surface area contributed by atoms with Crippen LogP contribution in [0.2, 0.25) is 0 Å². The van der Waals surface area contributed by atoms with E-state index in [9.17, 15) is 23.9 Å². The van der Waals surface area contributed by atoms with Crippen LogP contribution < -0.4 is 5.32 Å². The SMILES string of the molecule is O=C(Nc1ccc(O)cc1)C1CCN(CC(=O)N2CCN(C(=O)c3ccc(F)cc3)CC2)C1. The number of nitrogens with zero attached hydrogens (tertiary/aromatic N) is 3. The Balaban J connectivity index is 1.21. The molecule has 2 fully saturated rings. The van der Waals surface area contributed by atoms with Crippen molar-refractivity contribution in [3.63, 3.8) is 0 Å². The molecule has 2 heterocycles. The number of likely N-dealkylation sites (tertiary alicyclic amines) is 1. The number of carbonyl (C=O) groups excluding carboxylic acids is 3. The molecule has 2 aromatic carbocycles. The van der Waals surface area contributed by atoms with Gasteiger partial charge in [0.05, 0.1) is 12.5 Å². The van der Waals surface area contributed by atoms with E-state index < -0.39 is 0 Å². The van der Waals surface area contributed by atoms with Crippen molar-refractivity contribution in [2.24, 2.45) is 5.92 Å².